The molecule has 2 saturated carbocycles. The fourth-order valence-electron chi connectivity index (χ4n) is 7.23. The predicted molar refractivity (Wildman–Crippen MR) is 139 cm³/mol. The third-order valence-electron chi connectivity index (χ3n) is 9.08. The van der Waals surface area contributed by atoms with E-state index in [0.717, 1.165) is 0 Å². The molecule has 208 valence electrons. The minimum absolute atomic E-state index is 0.212. The van der Waals surface area contributed by atoms with Gasteiger partial charge in [0.1, 0.15) is 23.9 Å². The van der Waals surface area contributed by atoms with E-state index in [1.165, 1.54) is 13.1 Å². The van der Waals surface area contributed by atoms with E-state index in [1.807, 2.05) is 13.8 Å². The molecule has 2 aliphatic carbocycles. The van der Waals surface area contributed by atoms with Crippen LogP contribution in [0.1, 0.15) is 74.6 Å². The van der Waals surface area contributed by atoms with Gasteiger partial charge in [0.15, 0.2) is 0 Å². The van der Waals surface area contributed by atoms with Crippen molar-refractivity contribution in [2.45, 2.75) is 89.0 Å². The van der Waals surface area contributed by atoms with Crippen LogP contribution in [0.15, 0.2) is 54.9 Å². The molecule has 1 aromatic heterocycles. The van der Waals surface area contributed by atoms with Crippen LogP contribution >= 0.6 is 0 Å². The molecule has 5 rings (SSSR count). The Balaban J connectivity index is 1.64. The molecule has 2 heterocycles. The molecule has 2 bridgehead atoms. The summed E-state index contributed by atoms with van der Waals surface area (Å²) in [5.41, 5.74) is -4.60. The molecule has 39 heavy (non-hydrogen) atoms. The first kappa shape index (κ1) is 27.3. The third kappa shape index (κ3) is 4.14. The van der Waals surface area contributed by atoms with Crippen molar-refractivity contribution >= 4 is 17.9 Å². The van der Waals surface area contributed by atoms with Gasteiger partial charge in [-0.15, -0.1) is 0 Å². The van der Waals surface area contributed by atoms with Crippen molar-refractivity contribution in [1.29, 1.82) is 0 Å². The molecular weight excluding hydrogens is 502 g/mol. The number of fused-ring (bicyclic) bond motifs is 1. The van der Waals surface area contributed by atoms with Crippen molar-refractivity contribution in [2.75, 3.05) is 0 Å². The maximum Gasteiger partial charge on any atom is 0.340 e. The molecule has 1 saturated heterocycles. The highest BCUT2D eigenvalue weighted by atomic mass is 16.6. The Hall–Kier alpha value is -3.30. The highest BCUT2D eigenvalue weighted by molar-refractivity contribution is 5.90. The molecule has 0 amide bonds. The summed E-state index contributed by atoms with van der Waals surface area (Å²) < 4.78 is 25.1. The lowest BCUT2D eigenvalue weighted by Gasteiger charge is -2.64. The molecule has 1 aromatic carbocycles. The number of rotatable bonds is 5. The largest absolute Gasteiger partial charge is 0.462 e. The summed E-state index contributed by atoms with van der Waals surface area (Å²) in [4.78, 5) is 43.0. The third-order valence-corrected chi connectivity index (χ3v) is 9.08. The Morgan fingerprint density at radius 2 is 1.59 bits per heavy atom. The number of nitrogens with zero attached hydrogens (tertiary/aromatic N) is 1. The number of hydrogen-bond acceptors (Lipinski definition) is 9. The number of aliphatic hydroxyl groups is 1. The fourth-order valence-corrected chi connectivity index (χ4v) is 7.23. The van der Waals surface area contributed by atoms with E-state index >= 15 is 0 Å². The maximum absolute atomic E-state index is 13.4. The van der Waals surface area contributed by atoms with Gasteiger partial charge in [0, 0.05) is 25.2 Å². The summed E-state index contributed by atoms with van der Waals surface area (Å²) in [6, 6.07) is 11.9. The second-order valence-electron chi connectivity index (χ2n) is 11.8. The Morgan fingerprint density at radius 3 is 2.23 bits per heavy atom. The molecule has 1 aliphatic heterocycles. The second-order valence-corrected chi connectivity index (χ2v) is 11.8. The van der Waals surface area contributed by atoms with Crippen molar-refractivity contribution in [3.8, 4) is 0 Å². The van der Waals surface area contributed by atoms with Crippen LogP contribution in [-0.2, 0) is 23.7 Å². The van der Waals surface area contributed by atoms with Crippen LogP contribution in [0.25, 0.3) is 0 Å². The fraction of sp³-hybridized carbons (Fsp3) is 0.533. The Morgan fingerprint density at radius 1 is 0.923 bits per heavy atom. The molecule has 1 spiro atoms. The number of carbonyl (C=O) groups is 3. The lowest BCUT2D eigenvalue weighted by Crippen LogP contribution is -2.79. The van der Waals surface area contributed by atoms with Crippen molar-refractivity contribution in [3.63, 3.8) is 0 Å². The van der Waals surface area contributed by atoms with Gasteiger partial charge in [0.2, 0.25) is 0 Å². The first-order chi connectivity index (χ1) is 18.3. The second kappa shape index (κ2) is 9.41. The summed E-state index contributed by atoms with van der Waals surface area (Å²) in [6.07, 6.45) is 1.24. The van der Waals surface area contributed by atoms with E-state index in [-0.39, 0.29) is 18.4 Å². The van der Waals surface area contributed by atoms with Crippen LogP contribution in [0, 0.1) is 11.3 Å². The van der Waals surface area contributed by atoms with E-state index in [2.05, 4.69) is 4.98 Å². The molecule has 0 unspecified atom stereocenters. The number of pyridine rings is 1. The zero-order valence-electron chi connectivity index (χ0n) is 22.9. The van der Waals surface area contributed by atoms with Gasteiger partial charge in [0.05, 0.1) is 27.7 Å². The van der Waals surface area contributed by atoms with Gasteiger partial charge < -0.3 is 24.1 Å². The standard InChI is InChI=1S/C30H35NO8/c1-18(32)36-22-13-14-28(4,35)30-24(38-26(34)20-12-9-15-31-17-20)21(27(2,3)39-30)16-23(29(22,30)5)37-25(33)19-10-7-6-8-11-19/h6-12,15,17,21-24,35H,13-14,16H2,1-5H3/t21-,22+,23+,24-,28+,29+,30+/m1/s1. The summed E-state index contributed by atoms with van der Waals surface area (Å²) in [7, 11) is 0. The Labute approximate surface area is 227 Å². The van der Waals surface area contributed by atoms with E-state index in [0.29, 0.717) is 12.0 Å². The molecular formula is C30H35NO8. The van der Waals surface area contributed by atoms with Crippen molar-refractivity contribution in [3.05, 3.63) is 66.0 Å². The Kier molecular flexibility index (Phi) is 6.58. The van der Waals surface area contributed by atoms with E-state index in [1.54, 1.807) is 62.5 Å². The van der Waals surface area contributed by atoms with Crippen LogP contribution in [-0.4, -0.2) is 63.1 Å². The van der Waals surface area contributed by atoms with Crippen LogP contribution in [0.2, 0.25) is 0 Å². The van der Waals surface area contributed by atoms with Gasteiger partial charge in [-0.05, 0) is 71.2 Å². The van der Waals surface area contributed by atoms with Crippen molar-refractivity contribution in [2.24, 2.45) is 11.3 Å². The molecule has 3 aliphatic rings. The quantitative estimate of drug-likeness (QED) is 0.447. The van der Waals surface area contributed by atoms with E-state index in [4.69, 9.17) is 18.9 Å². The number of aromatic nitrogens is 1. The summed E-state index contributed by atoms with van der Waals surface area (Å²) in [6.45, 7) is 8.54. The van der Waals surface area contributed by atoms with Crippen LogP contribution in [0.4, 0.5) is 0 Å². The predicted octanol–water partition coefficient (Wildman–Crippen LogP) is 3.88. The monoisotopic (exact) mass is 537 g/mol. The van der Waals surface area contributed by atoms with Gasteiger partial charge in [0.25, 0.3) is 0 Å². The van der Waals surface area contributed by atoms with E-state index < -0.39 is 64.4 Å². The zero-order valence-corrected chi connectivity index (χ0v) is 22.9. The topological polar surface area (TPSA) is 121 Å². The van der Waals surface area contributed by atoms with E-state index in [9.17, 15) is 19.5 Å². The SMILES string of the molecule is CC(=O)O[C@H]1CC[C@](C)(O)[C@]23OC(C)(C)[C@H](C[C@H](OC(=O)c4ccccc4)[C@]12C)[C@H]3OC(=O)c1cccnc1. The molecule has 9 heteroatoms. The lowest BCUT2D eigenvalue weighted by atomic mass is 9.47. The average molecular weight is 538 g/mol. The van der Waals surface area contributed by atoms with Gasteiger partial charge in [-0.1, -0.05) is 18.2 Å². The number of carbonyl (C=O) groups excluding carboxylic acids is 3. The number of benzene rings is 1. The van der Waals surface area contributed by atoms with Crippen molar-refractivity contribution in [1.82, 2.24) is 4.98 Å². The molecule has 3 fully saturated rings. The molecule has 0 radical (unpaired) electrons. The Bertz CT molecular complexity index is 1260. The first-order valence-corrected chi connectivity index (χ1v) is 13.3. The highest BCUT2D eigenvalue weighted by Gasteiger charge is 2.82. The number of hydrogen-bond donors (Lipinski definition) is 1. The van der Waals surface area contributed by atoms with Gasteiger partial charge in [-0.25, -0.2) is 9.59 Å². The average Bonchev–Trinajstić information content (AvgIpc) is 3.08. The molecule has 7 atom stereocenters. The highest BCUT2D eigenvalue weighted by Crippen LogP contribution is 2.68. The van der Waals surface area contributed by atoms with Crippen LogP contribution < -0.4 is 0 Å². The first-order valence-electron chi connectivity index (χ1n) is 13.3. The molecule has 2 aromatic rings. The van der Waals surface area contributed by atoms with Crippen molar-refractivity contribution < 1.29 is 38.4 Å². The molecule has 1 N–H and O–H groups in total. The normalized spacial score (nSPS) is 36.4. The maximum atomic E-state index is 13.4. The number of esters is 3. The number of ether oxygens (including phenoxy) is 4. The van der Waals surface area contributed by atoms with Gasteiger partial charge in [-0.3, -0.25) is 9.78 Å². The zero-order chi connectivity index (χ0) is 28.2. The summed E-state index contributed by atoms with van der Waals surface area (Å²) >= 11 is 0. The summed E-state index contributed by atoms with van der Waals surface area (Å²) in [5, 5.41) is 12.1. The van der Waals surface area contributed by atoms with Crippen LogP contribution in [0.3, 0.4) is 0 Å². The lowest BCUT2D eigenvalue weighted by molar-refractivity contribution is -0.326. The summed E-state index contributed by atoms with van der Waals surface area (Å²) in [5.74, 6) is -2.09. The van der Waals surface area contributed by atoms with Crippen LogP contribution in [0.5, 0.6) is 0 Å². The minimum atomic E-state index is -1.57. The smallest absolute Gasteiger partial charge is 0.340 e. The van der Waals surface area contributed by atoms with Gasteiger partial charge >= 0.3 is 17.9 Å². The minimum Gasteiger partial charge on any atom is -0.462 e. The van der Waals surface area contributed by atoms with Gasteiger partial charge in [-0.2, -0.15) is 0 Å². The molecule has 9 nitrogen and oxygen atoms in total.